The number of nitrogens with one attached hydrogen (secondary N) is 1. The van der Waals surface area contributed by atoms with Crippen molar-refractivity contribution in [1.29, 1.82) is 0 Å². The highest BCUT2D eigenvalue weighted by Gasteiger charge is 2.51. The first-order chi connectivity index (χ1) is 13.9. The summed E-state index contributed by atoms with van der Waals surface area (Å²) in [4.78, 5) is 41.0. The van der Waals surface area contributed by atoms with Gasteiger partial charge in [0.05, 0.1) is 0 Å². The fraction of sp³-hybridized carbons (Fsp3) is 0.542. The normalized spacial score (nSPS) is 32.4. The predicted molar refractivity (Wildman–Crippen MR) is 109 cm³/mol. The van der Waals surface area contributed by atoms with Gasteiger partial charge in [0.2, 0.25) is 11.6 Å². The summed E-state index contributed by atoms with van der Waals surface area (Å²) >= 11 is 0. The minimum atomic E-state index is -0.405. The van der Waals surface area contributed by atoms with E-state index in [1.807, 2.05) is 0 Å². The Morgan fingerprint density at radius 1 is 0.966 bits per heavy atom. The molecule has 0 spiro atoms. The Labute approximate surface area is 171 Å². The van der Waals surface area contributed by atoms with Gasteiger partial charge in [-0.3, -0.25) is 14.4 Å². The molecule has 5 heteroatoms. The molecule has 4 fully saturated rings. The number of amides is 1. The number of Topliss-reactive ketones (excluding diaryl/α,β-unsaturated/α-hetero) is 2. The fourth-order valence-corrected chi connectivity index (χ4v) is 6.86. The quantitative estimate of drug-likeness (QED) is 0.799. The molecule has 1 aromatic rings. The Morgan fingerprint density at radius 3 is 2.00 bits per heavy atom. The molecular weight excluding hydrogens is 364 g/mol. The van der Waals surface area contributed by atoms with Crippen molar-refractivity contribution in [3.63, 3.8) is 0 Å². The highest BCUT2D eigenvalue weighted by atomic mass is 16.2. The zero-order valence-corrected chi connectivity index (χ0v) is 17.2. The highest BCUT2D eigenvalue weighted by Crippen LogP contribution is 2.59. The molecule has 152 valence electrons. The summed E-state index contributed by atoms with van der Waals surface area (Å²) in [6, 6.07) is 6.77. The summed E-state index contributed by atoms with van der Waals surface area (Å²) in [6.45, 7) is 0.614. The maximum atomic E-state index is 13.2. The van der Waals surface area contributed by atoms with Gasteiger partial charge in [0.15, 0.2) is 0 Å². The second kappa shape index (κ2) is 6.54. The molecule has 1 aromatic carbocycles. The standard InChI is InChI=1S/C24H28N2O3/c1-26(2)20-19(21(27)17-5-3-4-6-18(17)22(20)28)23(29)25-13-24-10-14-7-15(11-24)9-16(8-14)12-24/h3-6,14-16H,7-13H2,1-2H3,(H,25,29). The molecule has 4 saturated carbocycles. The molecule has 0 atom stereocenters. The van der Waals surface area contributed by atoms with E-state index in [1.54, 1.807) is 43.3 Å². The zero-order chi connectivity index (χ0) is 20.3. The van der Waals surface area contributed by atoms with Gasteiger partial charge in [-0.25, -0.2) is 0 Å². The summed E-state index contributed by atoms with van der Waals surface area (Å²) in [7, 11) is 3.42. The Bertz CT molecular complexity index is 908. The van der Waals surface area contributed by atoms with Crippen molar-refractivity contribution in [1.82, 2.24) is 10.2 Å². The lowest BCUT2D eigenvalue weighted by Gasteiger charge is -2.56. The van der Waals surface area contributed by atoms with E-state index in [0.717, 1.165) is 17.8 Å². The number of carbonyl (C=O) groups is 3. The number of nitrogens with zero attached hydrogens (tertiary/aromatic N) is 1. The van der Waals surface area contributed by atoms with Gasteiger partial charge in [0.25, 0.3) is 5.91 Å². The summed E-state index contributed by atoms with van der Waals surface area (Å²) in [5, 5.41) is 3.08. The Kier molecular flexibility index (Phi) is 4.19. The lowest BCUT2D eigenvalue weighted by atomic mass is 9.49. The first-order valence-electron chi connectivity index (χ1n) is 10.7. The van der Waals surface area contributed by atoms with Gasteiger partial charge >= 0.3 is 0 Å². The molecule has 0 radical (unpaired) electrons. The molecule has 0 unspecified atom stereocenters. The van der Waals surface area contributed by atoms with Gasteiger partial charge in [0, 0.05) is 31.8 Å². The van der Waals surface area contributed by atoms with Crippen LogP contribution in [0.5, 0.6) is 0 Å². The molecule has 29 heavy (non-hydrogen) atoms. The van der Waals surface area contributed by atoms with E-state index in [1.165, 1.54) is 38.5 Å². The van der Waals surface area contributed by atoms with Crippen molar-refractivity contribution in [2.45, 2.75) is 38.5 Å². The van der Waals surface area contributed by atoms with E-state index < -0.39 is 5.91 Å². The summed E-state index contributed by atoms with van der Waals surface area (Å²) < 4.78 is 0. The summed E-state index contributed by atoms with van der Waals surface area (Å²) in [6.07, 6.45) is 7.63. The number of hydrogen-bond donors (Lipinski definition) is 1. The van der Waals surface area contributed by atoms with Crippen LogP contribution < -0.4 is 5.32 Å². The van der Waals surface area contributed by atoms with Crippen molar-refractivity contribution in [3.8, 4) is 0 Å². The van der Waals surface area contributed by atoms with E-state index in [9.17, 15) is 14.4 Å². The van der Waals surface area contributed by atoms with Crippen molar-refractivity contribution in [2.24, 2.45) is 23.2 Å². The molecule has 5 aliphatic rings. The molecule has 5 nitrogen and oxygen atoms in total. The van der Waals surface area contributed by atoms with Crippen LogP contribution in [0, 0.1) is 23.2 Å². The van der Waals surface area contributed by atoms with Gasteiger partial charge < -0.3 is 10.2 Å². The largest absolute Gasteiger partial charge is 0.374 e. The van der Waals surface area contributed by atoms with Gasteiger partial charge in [-0.05, 0) is 61.7 Å². The number of allylic oxidation sites excluding steroid dienone is 1. The summed E-state index contributed by atoms with van der Waals surface area (Å²) in [5.41, 5.74) is 1.06. The van der Waals surface area contributed by atoms with Gasteiger partial charge in [-0.1, -0.05) is 24.3 Å². The molecule has 0 aliphatic heterocycles. The van der Waals surface area contributed by atoms with Gasteiger partial charge in [0.1, 0.15) is 11.3 Å². The van der Waals surface area contributed by atoms with Crippen molar-refractivity contribution < 1.29 is 14.4 Å². The smallest absolute Gasteiger partial charge is 0.257 e. The lowest BCUT2D eigenvalue weighted by Crippen LogP contribution is -2.51. The third kappa shape index (κ3) is 2.93. The number of hydrogen-bond acceptors (Lipinski definition) is 4. The first-order valence-corrected chi connectivity index (χ1v) is 10.7. The van der Waals surface area contributed by atoms with Crippen LogP contribution in [0.15, 0.2) is 35.5 Å². The molecule has 1 amide bonds. The van der Waals surface area contributed by atoms with E-state index in [0.29, 0.717) is 17.7 Å². The van der Waals surface area contributed by atoms with Crippen LogP contribution >= 0.6 is 0 Å². The van der Waals surface area contributed by atoms with E-state index in [2.05, 4.69) is 5.32 Å². The predicted octanol–water partition coefficient (Wildman–Crippen LogP) is 3.21. The monoisotopic (exact) mass is 392 g/mol. The molecule has 0 heterocycles. The van der Waals surface area contributed by atoms with Gasteiger partial charge in [-0.15, -0.1) is 0 Å². The molecule has 0 saturated heterocycles. The topological polar surface area (TPSA) is 66.5 Å². The van der Waals surface area contributed by atoms with Crippen LogP contribution in [0.2, 0.25) is 0 Å². The minimum Gasteiger partial charge on any atom is -0.374 e. The first kappa shape index (κ1) is 18.6. The van der Waals surface area contributed by atoms with Crippen LogP contribution in [0.25, 0.3) is 0 Å². The van der Waals surface area contributed by atoms with E-state index >= 15 is 0 Å². The lowest BCUT2D eigenvalue weighted by molar-refractivity contribution is -0.119. The number of benzene rings is 1. The number of ketones is 2. The van der Waals surface area contributed by atoms with Crippen LogP contribution in [-0.4, -0.2) is 43.0 Å². The number of likely N-dealkylation sites (N-methyl/N-ethyl adjacent to an activating group) is 1. The van der Waals surface area contributed by atoms with E-state index in [-0.39, 0.29) is 28.3 Å². The van der Waals surface area contributed by atoms with Crippen LogP contribution in [-0.2, 0) is 4.79 Å². The Hall–Kier alpha value is -2.43. The van der Waals surface area contributed by atoms with Crippen LogP contribution in [0.3, 0.4) is 0 Å². The van der Waals surface area contributed by atoms with Gasteiger partial charge in [-0.2, -0.15) is 0 Å². The number of fused-ring (bicyclic) bond motifs is 1. The Morgan fingerprint density at radius 2 is 1.48 bits per heavy atom. The SMILES string of the molecule is CN(C)C1=C(C(=O)NCC23CC4CC(CC(C4)C2)C3)C(=O)c2ccccc2C1=O. The molecular formula is C24H28N2O3. The fourth-order valence-electron chi connectivity index (χ4n) is 6.86. The average molecular weight is 392 g/mol. The third-order valence-corrected chi connectivity index (χ3v) is 7.56. The second-order valence-corrected chi connectivity index (χ2v) is 9.92. The Balaban J connectivity index is 1.42. The number of carbonyl (C=O) groups excluding carboxylic acids is 3. The maximum Gasteiger partial charge on any atom is 0.257 e. The minimum absolute atomic E-state index is 0.0107. The van der Waals surface area contributed by atoms with Crippen LogP contribution in [0.1, 0.15) is 59.2 Å². The highest BCUT2D eigenvalue weighted by molar-refractivity contribution is 6.36. The molecule has 5 aliphatic carbocycles. The molecule has 0 aromatic heterocycles. The average Bonchev–Trinajstić information content (AvgIpc) is 2.67. The third-order valence-electron chi connectivity index (χ3n) is 7.56. The van der Waals surface area contributed by atoms with E-state index in [4.69, 9.17) is 0 Å². The molecule has 4 bridgehead atoms. The second-order valence-electron chi connectivity index (χ2n) is 9.92. The van der Waals surface area contributed by atoms with Crippen molar-refractivity contribution >= 4 is 17.5 Å². The summed E-state index contributed by atoms with van der Waals surface area (Å²) in [5.74, 6) is 1.40. The van der Waals surface area contributed by atoms with Crippen LogP contribution in [0.4, 0.5) is 0 Å². The molecule has 1 N–H and O–H groups in total. The molecule has 6 rings (SSSR count). The number of rotatable bonds is 4. The van der Waals surface area contributed by atoms with Crippen molar-refractivity contribution in [3.05, 3.63) is 46.7 Å². The maximum absolute atomic E-state index is 13.2. The van der Waals surface area contributed by atoms with Crippen molar-refractivity contribution in [2.75, 3.05) is 20.6 Å². The zero-order valence-electron chi connectivity index (χ0n) is 17.2.